The molecule has 0 fully saturated rings. The second-order valence-electron chi connectivity index (χ2n) is 4.45. The van der Waals surface area contributed by atoms with Gasteiger partial charge in [0.25, 0.3) is 0 Å². The van der Waals surface area contributed by atoms with Crippen molar-refractivity contribution in [2.75, 3.05) is 5.73 Å². The van der Waals surface area contributed by atoms with Crippen molar-refractivity contribution in [1.82, 2.24) is 0 Å². The Kier molecular flexibility index (Phi) is 3.58. The van der Waals surface area contributed by atoms with Gasteiger partial charge in [-0.1, -0.05) is 23.7 Å². The summed E-state index contributed by atoms with van der Waals surface area (Å²) in [6.45, 7) is 3.41. The Morgan fingerprint density at radius 2 is 1.84 bits per heavy atom. The molecular formula is C15H13ClFNO. The van der Waals surface area contributed by atoms with Gasteiger partial charge in [-0.15, -0.1) is 0 Å². The highest BCUT2D eigenvalue weighted by Crippen LogP contribution is 2.26. The zero-order valence-corrected chi connectivity index (χ0v) is 11.4. The molecule has 2 N–H and O–H groups in total. The molecule has 0 amide bonds. The lowest BCUT2D eigenvalue weighted by atomic mass is 9.98. The van der Waals surface area contributed by atoms with Gasteiger partial charge in [0.1, 0.15) is 5.82 Å². The largest absolute Gasteiger partial charge is 0.398 e. The van der Waals surface area contributed by atoms with Gasteiger partial charge in [0.15, 0.2) is 5.78 Å². The fraction of sp³-hybridized carbons (Fsp3) is 0.133. The first-order valence-corrected chi connectivity index (χ1v) is 6.15. The maximum absolute atomic E-state index is 13.3. The average Bonchev–Trinajstić information content (AvgIpc) is 2.36. The van der Waals surface area contributed by atoms with Gasteiger partial charge >= 0.3 is 0 Å². The minimum Gasteiger partial charge on any atom is -0.398 e. The van der Waals surface area contributed by atoms with Crippen LogP contribution in [0.5, 0.6) is 0 Å². The Bertz CT molecular complexity index is 667. The van der Waals surface area contributed by atoms with Crippen LogP contribution in [0.25, 0.3) is 0 Å². The Hall–Kier alpha value is -1.87. The van der Waals surface area contributed by atoms with Crippen LogP contribution < -0.4 is 5.73 Å². The second kappa shape index (κ2) is 5.02. The monoisotopic (exact) mass is 277 g/mol. The highest BCUT2D eigenvalue weighted by Gasteiger charge is 2.17. The first-order valence-electron chi connectivity index (χ1n) is 5.77. The summed E-state index contributed by atoms with van der Waals surface area (Å²) in [6, 6.07) is 7.81. The van der Waals surface area contributed by atoms with Crippen molar-refractivity contribution in [3.8, 4) is 0 Å². The summed E-state index contributed by atoms with van der Waals surface area (Å²) in [5, 5.41) is 0.0917. The summed E-state index contributed by atoms with van der Waals surface area (Å²) in [5.41, 5.74) is 8.16. The van der Waals surface area contributed by atoms with Gasteiger partial charge < -0.3 is 5.73 Å². The molecule has 2 aromatic rings. The van der Waals surface area contributed by atoms with Crippen molar-refractivity contribution in [3.05, 3.63) is 63.4 Å². The lowest BCUT2D eigenvalue weighted by Gasteiger charge is -2.09. The normalized spacial score (nSPS) is 10.5. The number of hydrogen-bond donors (Lipinski definition) is 1. The second-order valence-corrected chi connectivity index (χ2v) is 4.85. The van der Waals surface area contributed by atoms with E-state index in [1.807, 2.05) is 13.0 Å². The van der Waals surface area contributed by atoms with Gasteiger partial charge in [0.05, 0.1) is 5.02 Å². The number of carbonyl (C=O) groups is 1. The van der Waals surface area contributed by atoms with Crippen LogP contribution in [-0.4, -0.2) is 5.78 Å². The smallest absolute Gasteiger partial charge is 0.196 e. The molecule has 0 aliphatic rings. The molecule has 0 heterocycles. The summed E-state index contributed by atoms with van der Waals surface area (Å²) >= 11 is 5.94. The molecule has 0 unspecified atom stereocenters. The summed E-state index contributed by atoms with van der Waals surface area (Å²) in [5.74, 6) is -0.729. The Morgan fingerprint density at radius 3 is 2.53 bits per heavy atom. The molecule has 0 aliphatic carbocycles. The molecule has 0 aliphatic heterocycles. The van der Waals surface area contributed by atoms with E-state index in [1.165, 1.54) is 6.07 Å². The van der Waals surface area contributed by atoms with E-state index in [9.17, 15) is 9.18 Å². The van der Waals surface area contributed by atoms with Crippen LogP contribution in [0.4, 0.5) is 10.1 Å². The number of nitrogens with two attached hydrogens (primary N) is 1. The summed E-state index contributed by atoms with van der Waals surface area (Å²) < 4.78 is 13.3. The summed E-state index contributed by atoms with van der Waals surface area (Å²) in [4.78, 5) is 12.4. The number of carbonyl (C=O) groups excluding carboxylic acids is 1. The SMILES string of the molecule is Cc1cc(C(=O)c2cccc(C)c2N)c(Cl)cc1F. The third kappa shape index (κ3) is 2.47. The van der Waals surface area contributed by atoms with E-state index in [1.54, 1.807) is 19.1 Å². The van der Waals surface area contributed by atoms with Crippen molar-refractivity contribution < 1.29 is 9.18 Å². The van der Waals surface area contributed by atoms with E-state index < -0.39 is 5.82 Å². The molecule has 2 rings (SSSR count). The van der Waals surface area contributed by atoms with Crippen molar-refractivity contribution in [2.45, 2.75) is 13.8 Å². The molecule has 0 spiro atoms. The zero-order chi connectivity index (χ0) is 14.2. The maximum Gasteiger partial charge on any atom is 0.196 e. The van der Waals surface area contributed by atoms with E-state index in [4.69, 9.17) is 17.3 Å². The number of halogens is 2. The third-order valence-electron chi connectivity index (χ3n) is 3.06. The maximum atomic E-state index is 13.3. The van der Waals surface area contributed by atoms with Crippen molar-refractivity contribution in [3.63, 3.8) is 0 Å². The molecule has 0 saturated heterocycles. The predicted molar refractivity (Wildman–Crippen MR) is 75.2 cm³/mol. The van der Waals surface area contributed by atoms with Gasteiger partial charge in [-0.3, -0.25) is 4.79 Å². The number of para-hydroxylation sites is 1. The molecule has 19 heavy (non-hydrogen) atoms. The fourth-order valence-corrected chi connectivity index (χ4v) is 2.09. The average molecular weight is 278 g/mol. The van der Waals surface area contributed by atoms with Crippen LogP contribution >= 0.6 is 11.6 Å². The number of ketones is 1. The number of hydrogen-bond acceptors (Lipinski definition) is 2. The fourth-order valence-electron chi connectivity index (χ4n) is 1.85. The number of aryl methyl sites for hydroxylation is 2. The molecule has 2 aromatic carbocycles. The molecule has 98 valence electrons. The van der Waals surface area contributed by atoms with Gasteiger partial charge in [-0.2, -0.15) is 0 Å². The van der Waals surface area contributed by atoms with Gasteiger partial charge in [-0.05, 0) is 43.2 Å². The first kappa shape index (κ1) is 13.6. The van der Waals surface area contributed by atoms with E-state index in [2.05, 4.69) is 0 Å². The summed E-state index contributed by atoms with van der Waals surface area (Å²) in [6.07, 6.45) is 0. The highest BCUT2D eigenvalue weighted by atomic mass is 35.5. The van der Waals surface area contributed by atoms with Crippen molar-refractivity contribution in [1.29, 1.82) is 0 Å². The Balaban J connectivity index is 2.56. The quantitative estimate of drug-likeness (QED) is 0.668. The molecule has 0 aromatic heterocycles. The van der Waals surface area contributed by atoms with Gasteiger partial charge in [0.2, 0.25) is 0 Å². The van der Waals surface area contributed by atoms with Crippen molar-refractivity contribution in [2.24, 2.45) is 0 Å². The lowest BCUT2D eigenvalue weighted by molar-refractivity contribution is 0.103. The van der Waals surface area contributed by atoms with Crippen LogP contribution in [0, 0.1) is 19.7 Å². The first-order chi connectivity index (χ1) is 8.91. The topological polar surface area (TPSA) is 43.1 Å². The highest BCUT2D eigenvalue weighted by molar-refractivity contribution is 6.35. The molecule has 4 heteroatoms. The van der Waals surface area contributed by atoms with Crippen molar-refractivity contribution >= 4 is 23.1 Å². The third-order valence-corrected chi connectivity index (χ3v) is 3.37. The number of benzene rings is 2. The predicted octanol–water partition coefficient (Wildman–Crippen LogP) is 3.91. The molecular weight excluding hydrogens is 265 g/mol. The van der Waals surface area contributed by atoms with Crippen LogP contribution in [0.1, 0.15) is 27.0 Å². The zero-order valence-electron chi connectivity index (χ0n) is 10.6. The minimum absolute atomic E-state index is 0.0917. The van der Waals surface area contributed by atoms with E-state index >= 15 is 0 Å². The van der Waals surface area contributed by atoms with E-state index in [-0.39, 0.29) is 16.4 Å². The van der Waals surface area contributed by atoms with Crippen LogP contribution in [0.3, 0.4) is 0 Å². The molecule has 0 atom stereocenters. The minimum atomic E-state index is -0.432. The van der Waals surface area contributed by atoms with E-state index in [0.717, 1.165) is 11.6 Å². The Labute approximate surface area is 116 Å². The number of nitrogen functional groups attached to an aromatic ring is 1. The Morgan fingerprint density at radius 1 is 1.16 bits per heavy atom. The molecule has 0 saturated carbocycles. The number of rotatable bonds is 2. The summed E-state index contributed by atoms with van der Waals surface area (Å²) in [7, 11) is 0. The van der Waals surface area contributed by atoms with Gasteiger partial charge in [-0.25, -0.2) is 4.39 Å². The van der Waals surface area contributed by atoms with Crippen LogP contribution in [0.2, 0.25) is 5.02 Å². The lowest BCUT2D eigenvalue weighted by Crippen LogP contribution is -2.08. The standard InChI is InChI=1S/C15H13ClFNO/c1-8-4-3-5-10(14(8)18)15(19)11-6-9(2)13(17)7-12(11)16/h3-7H,18H2,1-2H3. The molecule has 2 nitrogen and oxygen atoms in total. The molecule has 0 radical (unpaired) electrons. The van der Waals surface area contributed by atoms with Gasteiger partial charge in [0, 0.05) is 16.8 Å². The number of anilines is 1. The van der Waals surface area contributed by atoms with Crippen LogP contribution in [-0.2, 0) is 0 Å². The molecule has 0 bridgehead atoms. The van der Waals surface area contributed by atoms with Crippen LogP contribution in [0.15, 0.2) is 30.3 Å². The van der Waals surface area contributed by atoms with E-state index in [0.29, 0.717) is 16.8 Å².